The highest BCUT2D eigenvalue weighted by Gasteiger charge is 2.54. The van der Waals surface area contributed by atoms with Crippen LogP contribution in [0.1, 0.15) is 6.42 Å². The molecule has 1 nitrogen and oxygen atoms in total. The molecule has 0 radical (unpaired) electrons. The van der Waals surface area contributed by atoms with Gasteiger partial charge in [-0.1, -0.05) is 15.9 Å². The van der Waals surface area contributed by atoms with Gasteiger partial charge in [-0.05, 0) is 15.9 Å². The van der Waals surface area contributed by atoms with Crippen molar-refractivity contribution in [3.05, 3.63) is 0 Å². The molecule has 0 rings (SSSR count). The molecule has 0 amide bonds. The predicted octanol–water partition coefficient (Wildman–Crippen LogP) is 2.76. The van der Waals surface area contributed by atoms with Gasteiger partial charge in [0.1, 0.15) is 0 Å². The standard InChI is InChI=1S/C5H6Br2F4O/c6-3(2-12)1-4(7,8)5(9,10)11/h3,12H,1-2H2. The van der Waals surface area contributed by atoms with E-state index in [-0.39, 0.29) is 0 Å². The summed E-state index contributed by atoms with van der Waals surface area (Å²) in [6.45, 7) is -0.548. The van der Waals surface area contributed by atoms with Crippen molar-refractivity contribution in [2.45, 2.75) is 22.0 Å². The fourth-order valence-electron chi connectivity index (χ4n) is 0.458. The first-order valence-corrected chi connectivity index (χ1v) is 4.61. The second kappa shape index (κ2) is 4.23. The van der Waals surface area contributed by atoms with Crippen LogP contribution in [0.15, 0.2) is 0 Å². The van der Waals surface area contributed by atoms with Crippen LogP contribution in [-0.2, 0) is 0 Å². The SMILES string of the molecule is OCC(Br)CC(F)(Br)C(F)(F)F. The molecule has 0 spiro atoms. The van der Waals surface area contributed by atoms with Gasteiger partial charge in [-0.25, -0.2) is 4.39 Å². The highest BCUT2D eigenvalue weighted by atomic mass is 79.9. The smallest absolute Gasteiger partial charge is 0.395 e. The number of aliphatic hydroxyl groups is 1. The van der Waals surface area contributed by atoms with Gasteiger partial charge < -0.3 is 5.11 Å². The summed E-state index contributed by atoms with van der Waals surface area (Å²) in [5.74, 6) is 0. The number of alkyl halides is 6. The molecule has 0 bridgehead atoms. The molecular weight excluding hydrogens is 312 g/mol. The van der Waals surface area contributed by atoms with E-state index in [0.29, 0.717) is 0 Å². The van der Waals surface area contributed by atoms with Gasteiger partial charge in [0.2, 0.25) is 0 Å². The summed E-state index contributed by atoms with van der Waals surface area (Å²) in [4.78, 5) is -0.913. The Balaban J connectivity index is 4.22. The molecule has 0 aliphatic rings. The van der Waals surface area contributed by atoms with E-state index in [1.54, 1.807) is 0 Å². The summed E-state index contributed by atoms with van der Waals surface area (Å²) < 4.78 is 44.7. The highest BCUT2D eigenvalue weighted by molar-refractivity contribution is 9.10. The zero-order valence-corrected chi connectivity index (χ0v) is 8.88. The summed E-state index contributed by atoms with van der Waals surface area (Å²) >= 11 is 4.60. The van der Waals surface area contributed by atoms with Crippen LogP contribution in [0.25, 0.3) is 0 Å². The van der Waals surface area contributed by atoms with Crippen LogP contribution in [0.2, 0.25) is 0 Å². The minimum absolute atomic E-state index is 0.548. The Hall–Kier alpha value is 0.640. The molecule has 74 valence electrons. The van der Waals surface area contributed by atoms with E-state index in [1.807, 2.05) is 15.9 Å². The predicted molar refractivity (Wildman–Crippen MR) is 43.2 cm³/mol. The minimum Gasteiger partial charge on any atom is -0.395 e. The Labute approximate surface area is 83.4 Å². The second-order valence-corrected chi connectivity index (χ2v) is 4.74. The second-order valence-electron chi connectivity index (χ2n) is 2.19. The normalized spacial score (nSPS) is 20.2. The molecule has 0 aliphatic heterocycles. The van der Waals surface area contributed by atoms with Crippen molar-refractivity contribution in [3.63, 3.8) is 0 Å². The molecule has 2 atom stereocenters. The lowest BCUT2D eigenvalue weighted by Crippen LogP contribution is -2.37. The third-order valence-electron chi connectivity index (χ3n) is 1.09. The lowest BCUT2D eigenvalue weighted by Gasteiger charge is -2.23. The molecule has 0 aromatic rings. The van der Waals surface area contributed by atoms with Crippen LogP contribution in [0, 0.1) is 0 Å². The summed E-state index contributed by atoms with van der Waals surface area (Å²) in [5.41, 5.74) is 0. The highest BCUT2D eigenvalue weighted by Crippen LogP contribution is 2.43. The fraction of sp³-hybridized carbons (Fsp3) is 1.00. The number of hydrogen-bond donors (Lipinski definition) is 1. The largest absolute Gasteiger partial charge is 0.432 e. The summed E-state index contributed by atoms with van der Waals surface area (Å²) in [7, 11) is 0. The molecule has 1 N–H and O–H groups in total. The molecule has 0 aliphatic carbocycles. The van der Waals surface area contributed by atoms with Gasteiger partial charge in [0.15, 0.2) is 0 Å². The quantitative estimate of drug-likeness (QED) is 0.627. The first-order valence-electron chi connectivity index (χ1n) is 2.90. The van der Waals surface area contributed by atoms with E-state index in [0.717, 1.165) is 0 Å². The van der Waals surface area contributed by atoms with E-state index in [9.17, 15) is 17.6 Å². The third-order valence-corrected chi connectivity index (χ3v) is 2.48. The lowest BCUT2D eigenvalue weighted by atomic mass is 10.2. The van der Waals surface area contributed by atoms with Crippen LogP contribution in [0.4, 0.5) is 17.6 Å². The molecule has 0 aromatic heterocycles. The molecule has 0 fully saturated rings. The third kappa shape index (κ3) is 3.57. The van der Waals surface area contributed by atoms with Crippen LogP contribution in [0.5, 0.6) is 0 Å². The average molecular weight is 318 g/mol. The first kappa shape index (κ1) is 12.6. The van der Waals surface area contributed by atoms with Crippen molar-refractivity contribution in [2.24, 2.45) is 0 Å². The van der Waals surface area contributed by atoms with Gasteiger partial charge in [-0.2, -0.15) is 13.2 Å². The van der Waals surface area contributed by atoms with Crippen molar-refractivity contribution in [1.82, 2.24) is 0 Å². The molecule has 0 saturated heterocycles. The average Bonchev–Trinajstić information content (AvgIpc) is 1.84. The molecule has 7 heteroatoms. The van der Waals surface area contributed by atoms with E-state index in [1.165, 1.54) is 0 Å². The maximum Gasteiger partial charge on any atom is 0.432 e. The molecular formula is C5H6Br2F4O. The van der Waals surface area contributed by atoms with Crippen LogP contribution >= 0.6 is 31.9 Å². The molecule has 2 unspecified atom stereocenters. The maximum absolute atomic E-state index is 12.7. The number of hydrogen-bond acceptors (Lipinski definition) is 1. The van der Waals surface area contributed by atoms with Gasteiger partial charge >= 0.3 is 6.18 Å². The molecule has 0 saturated carbocycles. The van der Waals surface area contributed by atoms with Gasteiger partial charge in [-0.15, -0.1) is 0 Å². The van der Waals surface area contributed by atoms with Crippen molar-refractivity contribution in [3.8, 4) is 0 Å². The number of rotatable bonds is 3. The van der Waals surface area contributed by atoms with Crippen LogP contribution in [0.3, 0.4) is 0 Å². The van der Waals surface area contributed by atoms with Gasteiger partial charge in [-0.3, -0.25) is 0 Å². The first-order chi connectivity index (χ1) is 5.20. The Morgan fingerprint density at radius 3 is 1.92 bits per heavy atom. The Bertz CT molecular complexity index is 147. The summed E-state index contributed by atoms with van der Waals surface area (Å²) in [6.07, 6.45) is -5.83. The van der Waals surface area contributed by atoms with Crippen molar-refractivity contribution in [2.75, 3.05) is 6.61 Å². The van der Waals surface area contributed by atoms with Crippen molar-refractivity contribution in [1.29, 1.82) is 0 Å². The van der Waals surface area contributed by atoms with Crippen molar-refractivity contribution < 1.29 is 22.7 Å². The fourth-order valence-corrected chi connectivity index (χ4v) is 1.73. The van der Waals surface area contributed by atoms with Crippen LogP contribution in [-0.4, -0.2) is 27.3 Å². The maximum atomic E-state index is 12.7. The zero-order valence-electron chi connectivity index (χ0n) is 5.71. The van der Waals surface area contributed by atoms with Gasteiger partial charge in [0, 0.05) is 11.2 Å². The molecule has 0 heterocycles. The van der Waals surface area contributed by atoms with Crippen molar-refractivity contribution >= 4 is 31.9 Å². The monoisotopic (exact) mass is 316 g/mol. The number of aliphatic hydroxyl groups excluding tert-OH is 1. The van der Waals surface area contributed by atoms with E-state index in [2.05, 4.69) is 15.9 Å². The van der Waals surface area contributed by atoms with Gasteiger partial charge in [0.05, 0.1) is 6.61 Å². The Kier molecular flexibility index (Phi) is 4.46. The minimum atomic E-state index is -4.96. The Morgan fingerprint density at radius 2 is 1.67 bits per heavy atom. The molecule has 12 heavy (non-hydrogen) atoms. The topological polar surface area (TPSA) is 20.2 Å². The van der Waals surface area contributed by atoms with E-state index < -0.39 is 28.6 Å². The van der Waals surface area contributed by atoms with E-state index >= 15 is 0 Å². The Morgan fingerprint density at radius 1 is 1.25 bits per heavy atom. The van der Waals surface area contributed by atoms with Gasteiger partial charge in [0.25, 0.3) is 4.58 Å². The zero-order chi connectivity index (χ0) is 9.99. The number of halogens is 6. The summed E-state index contributed by atoms with van der Waals surface area (Å²) in [6, 6.07) is 0. The lowest BCUT2D eigenvalue weighted by molar-refractivity contribution is -0.193. The van der Waals surface area contributed by atoms with Crippen LogP contribution < -0.4 is 0 Å². The summed E-state index contributed by atoms with van der Waals surface area (Å²) in [5, 5.41) is 8.36. The van der Waals surface area contributed by atoms with E-state index in [4.69, 9.17) is 5.11 Å². The molecule has 0 aromatic carbocycles.